The van der Waals surface area contributed by atoms with Crippen LogP contribution >= 0.6 is 0 Å². The van der Waals surface area contributed by atoms with Gasteiger partial charge in [0.05, 0.1) is 6.04 Å². The van der Waals surface area contributed by atoms with Gasteiger partial charge in [-0.05, 0) is 49.4 Å². The molecule has 0 radical (unpaired) electrons. The van der Waals surface area contributed by atoms with E-state index in [4.69, 9.17) is 0 Å². The van der Waals surface area contributed by atoms with E-state index < -0.39 is 0 Å². The fourth-order valence-electron chi connectivity index (χ4n) is 4.02. The molecule has 2 aromatic rings. The highest BCUT2D eigenvalue weighted by Crippen LogP contribution is 2.32. The van der Waals surface area contributed by atoms with E-state index in [1.54, 1.807) is 4.90 Å². The van der Waals surface area contributed by atoms with Crippen LogP contribution < -0.4 is 4.90 Å². The smallest absolute Gasteiger partial charge is 0.243 e. The molecule has 1 aromatic heterocycles. The van der Waals surface area contributed by atoms with Crippen LogP contribution in [0.4, 0.5) is 5.69 Å². The zero-order chi connectivity index (χ0) is 17.2. The molecular formula is C20H23N3O2. The van der Waals surface area contributed by atoms with Crippen LogP contribution in [0.5, 0.6) is 0 Å². The van der Waals surface area contributed by atoms with Crippen molar-refractivity contribution in [2.75, 3.05) is 18.0 Å². The number of hydrogen-bond acceptors (Lipinski definition) is 2. The molecule has 25 heavy (non-hydrogen) atoms. The molecule has 1 aromatic carbocycles. The van der Waals surface area contributed by atoms with E-state index in [9.17, 15) is 9.59 Å². The van der Waals surface area contributed by atoms with Crippen molar-refractivity contribution in [2.45, 2.75) is 38.1 Å². The number of fused-ring (bicyclic) bond motifs is 1. The van der Waals surface area contributed by atoms with Gasteiger partial charge in [0.1, 0.15) is 6.54 Å². The summed E-state index contributed by atoms with van der Waals surface area (Å²) in [4.78, 5) is 32.4. The maximum absolute atomic E-state index is 13.0. The Morgan fingerprint density at radius 1 is 1.12 bits per heavy atom. The summed E-state index contributed by atoms with van der Waals surface area (Å²) in [6.07, 6.45) is 6.10. The van der Waals surface area contributed by atoms with Crippen molar-refractivity contribution in [1.82, 2.24) is 9.88 Å². The molecule has 0 unspecified atom stereocenters. The predicted molar refractivity (Wildman–Crippen MR) is 96.2 cm³/mol. The molecule has 130 valence electrons. The second-order valence-corrected chi connectivity index (χ2v) is 6.83. The molecule has 1 saturated heterocycles. The first-order valence-corrected chi connectivity index (χ1v) is 9.05. The van der Waals surface area contributed by atoms with E-state index in [1.807, 2.05) is 41.4 Å². The number of benzene rings is 1. The first-order valence-electron chi connectivity index (χ1n) is 9.05. The number of aromatic amines is 1. The Hall–Kier alpha value is -2.56. The summed E-state index contributed by atoms with van der Waals surface area (Å²) in [6, 6.07) is 12.0. The molecule has 0 aliphatic carbocycles. The normalized spacial score (nSPS) is 20.5. The molecular weight excluding hydrogens is 314 g/mol. The number of carbonyl (C=O) groups is 2. The van der Waals surface area contributed by atoms with Crippen molar-refractivity contribution in [3.63, 3.8) is 0 Å². The van der Waals surface area contributed by atoms with E-state index in [0.29, 0.717) is 6.42 Å². The summed E-state index contributed by atoms with van der Waals surface area (Å²) in [7, 11) is 0. The highest BCUT2D eigenvalue weighted by atomic mass is 16.2. The monoisotopic (exact) mass is 337 g/mol. The minimum absolute atomic E-state index is 0.0298. The zero-order valence-electron chi connectivity index (χ0n) is 14.3. The summed E-state index contributed by atoms with van der Waals surface area (Å²) >= 11 is 0. The topological polar surface area (TPSA) is 56.4 Å². The Balaban J connectivity index is 1.56. The average Bonchev–Trinajstić information content (AvgIpc) is 3.28. The number of amides is 2. The molecule has 0 bridgehead atoms. The van der Waals surface area contributed by atoms with Gasteiger partial charge < -0.3 is 14.8 Å². The third-order valence-electron chi connectivity index (χ3n) is 5.27. The van der Waals surface area contributed by atoms with Crippen molar-refractivity contribution in [3.05, 3.63) is 53.9 Å². The number of para-hydroxylation sites is 1. The summed E-state index contributed by atoms with van der Waals surface area (Å²) in [6.45, 7) is 0.888. The number of aromatic nitrogens is 1. The Labute approximate surface area is 147 Å². The number of rotatable bonds is 3. The van der Waals surface area contributed by atoms with Crippen LogP contribution in [0.25, 0.3) is 0 Å². The van der Waals surface area contributed by atoms with Gasteiger partial charge in [-0.15, -0.1) is 0 Å². The van der Waals surface area contributed by atoms with Crippen LogP contribution in [0, 0.1) is 0 Å². The van der Waals surface area contributed by atoms with Gasteiger partial charge in [-0.2, -0.15) is 0 Å². The van der Waals surface area contributed by atoms with Crippen molar-refractivity contribution in [3.8, 4) is 0 Å². The Bertz CT molecular complexity index is 769. The molecule has 1 N–H and O–H groups in total. The van der Waals surface area contributed by atoms with E-state index in [0.717, 1.165) is 49.2 Å². The van der Waals surface area contributed by atoms with Gasteiger partial charge in [0.2, 0.25) is 11.8 Å². The molecule has 5 heteroatoms. The molecule has 2 aliphatic heterocycles. The van der Waals surface area contributed by atoms with E-state index >= 15 is 0 Å². The molecule has 5 nitrogen and oxygen atoms in total. The molecule has 2 aliphatic rings. The molecule has 0 spiro atoms. The summed E-state index contributed by atoms with van der Waals surface area (Å²) in [5.41, 5.74) is 3.13. The standard InChI is InChI=1S/C20H23N3O2/c24-19-11-3-7-15-6-1-2-9-17(15)23(19)14-20(25)22-13-5-10-18(22)16-8-4-12-21-16/h1-2,4,6,8-9,12,18,21H,3,5,7,10-11,13-14H2/t18-/m1/s1. The highest BCUT2D eigenvalue weighted by molar-refractivity contribution is 6.00. The molecule has 2 amide bonds. The van der Waals surface area contributed by atoms with Crippen molar-refractivity contribution in [2.24, 2.45) is 0 Å². The minimum atomic E-state index is 0.0298. The lowest BCUT2D eigenvalue weighted by Crippen LogP contribution is -2.42. The number of aryl methyl sites for hydroxylation is 1. The van der Waals surface area contributed by atoms with Crippen LogP contribution in [0.2, 0.25) is 0 Å². The lowest BCUT2D eigenvalue weighted by molar-refractivity contribution is -0.132. The average molecular weight is 337 g/mol. The quantitative estimate of drug-likeness (QED) is 0.936. The van der Waals surface area contributed by atoms with E-state index in [2.05, 4.69) is 11.1 Å². The Morgan fingerprint density at radius 2 is 2.00 bits per heavy atom. The Morgan fingerprint density at radius 3 is 2.84 bits per heavy atom. The SMILES string of the molecule is O=C1CCCc2ccccc2N1CC(=O)N1CCC[C@@H]1c1ccc[nH]1. The van der Waals surface area contributed by atoms with Gasteiger partial charge in [-0.1, -0.05) is 18.2 Å². The number of H-pyrrole nitrogens is 1. The first kappa shape index (κ1) is 15.9. The number of anilines is 1. The van der Waals surface area contributed by atoms with Crippen LogP contribution in [0.15, 0.2) is 42.6 Å². The number of likely N-dealkylation sites (tertiary alicyclic amines) is 1. The van der Waals surface area contributed by atoms with Crippen molar-refractivity contribution < 1.29 is 9.59 Å². The van der Waals surface area contributed by atoms with E-state index in [-0.39, 0.29) is 24.4 Å². The number of nitrogens with zero attached hydrogens (tertiary/aromatic N) is 2. The third kappa shape index (κ3) is 3.06. The Kier molecular flexibility index (Phi) is 4.30. The van der Waals surface area contributed by atoms with Crippen LogP contribution in [0.3, 0.4) is 0 Å². The lowest BCUT2D eigenvalue weighted by atomic mass is 10.1. The fourth-order valence-corrected chi connectivity index (χ4v) is 4.02. The second kappa shape index (κ2) is 6.75. The maximum Gasteiger partial charge on any atom is 0.243 e. The number of carbonyl (C=O) groups excluding carboxylic acids is 2. The van der Waals surface area contributed by atoms with Gasteiger partial charge in [0.25, 0.3) is 0 Å². The summed E-state index contributed by atoms with van der Waals surface area (Å²) in [5, 5.41) is 0. The van der Waals surface area contributed by atoms with E-state index in [1.165, 1.54) is 0 Å². The summed E-state index contributed by atoms with van der Waals surface area (Å²) in [5.74, 6) is 0.0797. The van der Waals surface area contributed by atoms with Crippen molar-refractivity contribution >= 4 is 17.5 Å². The van der Waals surface area contributed by atoms with Gasteiger partial charge in [-0.3, -0.25) is 9.59 Å². The lowest BCUT2D eigenvalue weighted by Gasteiger charge is -2.28. The first-order chi connectivity index (χ1) is 12.2. The number of hydrogen-bond donors (Lipinski definition) is 1. The molecule has 1 atom stereocenters. The van der Waals surface area contributed by atoms with Gasteiger partial charge >= 0.3 is 0 Å². The molecule has 3 heterocycles. The van der Waals surface area contributed by atoms with Gasteiger partial charge in [0, 0.05) is 30.5 Å². The van der Waals surface area contributed by atoms with Crippen LogP contribution in [-0.4, -0.2) is 34.8 Å². The maximum atomic E-state index is 13.0. The second-order valence-electron chi connectivity index (χ2n) is 6.83. The predicted octanol–water partition coefficient (Wildman–Crippen LogP) is 3.05. The molecule has 0 saturated carbocycles. The van der Waals surface area contributed by atoms with Gasteiger partial charge in [0.15, 0.2) is 0 Å². The molecule has 1 fully saturated rings. The van der Waals surface area contributed by atoms with Crippen LogP contribution in [0.1, 0.15) is 43.0 Å². The fraction of sp³-hybridized carbons (Fsp3) is 0.400. The molecule has 4 rings (SSSR count). The van der Waals surface area contributed by atoms with Crippen LogP contribution in [-0.2, 0) is 16.0 Å². The third-order valence-corrected chi connectivity index (χ3v) is 5.27. The zero-order valence-corrected chi connectivity index (χ0v) is 14.3. The number of nitrogens with one attached hydrogen (secondary N) is 1. The van der Waals surface area contributed by atoms with Crippen molar-refractivity contribution in [1.29, 1.82) is 0 Å². The largest absolute Gasteiger partial charge is 0.363 e. The van der Waals surface area contributed by atoms with Gasteiger partial charge in [-0.25, -0.2) is 0 Å². The minimum Gasteiger partial charge on any atom is -0.363 e. The highest BCUT2D eigenvalue weighted by Gasteiger charge is 2.33. The summed E-state index contributed by atoms with van der Waals surface area (Å²) < 4.78 is 0.